The van der Waals surface area contributed by atoms with Gasteiger partial charge >= 0.3 is 11.5 Å². The molecule has 4 aromatic rings. The molecule has 7 rings (SSSR count). The average molecular weight is 678 g/mol. The summed E-state index contributed by atoms with van der Waals surface area (Å²) in [6.07, 6.45) is 4.95. The van der Waals surface area contributed by atoms with Crippen LogP contribution in [-0.2, 0) is 24.8 Å². The van der Waals surface area contributed by atoms with Crippen molar-refractivity contribution in [3.05, 3.63) is 110 Å². The number of aryl methyl sites for hydroxylation is 2. The summed E-state index contributed by atoms with van der Waals surface area (Å²) in [5.41, 5.74) is 6.58. The Morgan fingerprint density at radius 3 is 2.95 bits per heavy atom. The van der Waals surface area contributed by atoms with Gasteiger partial charge in [-0.3, -0.25) is 22.0 Å². The number of benzene rings is 2. The Morgan fingerprint density at radius 2 is 2.12 bits per heavy atom. The quantitative estimate of drug-likeness (QED) is 0.198. The van der Waals surface area contributed by atoms with E-state index in [2.05, 4.69) is 40.0 Å². The van der Waals surface area contributed by atoms with Gasteiger partial charge in [0, 0.05) is 19.2 Å². The number of carbonyl (C=O) groups is 1. The highest BCUT2D eigenvalue weighted by molar-refractivity contribution is 14.1. The molecule has 212 valence electrons. The third-order valence-electron chi connectivity index (χ3n) is 7.35. The molecule has 2 aromatic heterocycles. The van der Waals surface area contributed by atoms with E-state index in [0.29, 0.717) is 46.4 Å². The second-order valence-corrected chi connectivity index (χ2v) is 11.9. The van der Waals surface area contributed by atoms with E-state index < -0.39 is 32.8 Å². The van der Waals surface area contributed by atoms with Crippen molar-refractivity contribution in [1.29, 1.82) is 0 Å². The molecule has 0 spiro atoms. The summed E-state index contributed by atoms with van der Waals surface area (Å²) >= 11 is -0.799. The normalized spacial score (nSPS) is 17.2. The molecule has 3 aliphatic rings. The van der Waals surface area contributed by atoms with Crippen LogP contribution < -0.4 is 22.1 Å². The number of aromatic amines is 1. The van der Waals surface area contributed by atoms with E-state index in [4.69, 9.17) is 4.42 Å². The van der Waals surface area contributed by atoms with E-state index >= 15 is 0 Å². The number of hydrogen-bond donors (Lipinski definition) is 3. The molecule has 2 aromatic carbocycles. The summed E-state index contributed by atoms with van der Waals surface area (Å²) in [7, 11) is 1.66. The Hall–Kier alpha value is -4.86. The van der Waals surface area contributed by atoms with Crippen molar-refractivity contribution < 1.29 is 13.7 Å². The Balaban J connectivity index is 1.07. The summed E-state index contributed by atoms with van der Waals surface area (Å²) in [6, 6.07) is 11.1. The molecule has 1 aliphatic carbocycles. The summed E-state index contributed by atoms with van der Waals surface area (Å²) in [5.74, 6) is -0.249. The summed E-state index contributed by atoms with van der Waals surface area (Å²) in [5, 5.41) is 10.2. The predicted octanol–water partition coefficient (Wildman–Crippen LogP) is 3.40. The van der Waals surface area contributed by atoms with Crippen LogP contribution in [0.25, 0.3) is 22.5 Å². The number of H-pyrrole nitrogens is 1. The molecule has 3 N–H and O–H groups in total. The molecule has 14 heteroatoms. The van der Waals surface area contributed by atoms with Crippen LogP contribution in [0.3, 0.4) is 0 Å². The van der Waals surface area contributed by atoms with E-state index in [0.717, 1.165) is 35.1 Å². The smallest absolute Gasteiger partial charge is 0.408 e. The molecule has 1 atom stereocenters. The number of allylic oxidation sites excluding steroid dienone is 1. The van der Waals surface area contributed by atoms with E-state index in [-0.39, 0.29) is 11.9 Å². The zero-order valence-electron chi connectivity index (χ0n) is 22.2. The third kappa shape index (κ3) is 4.62. The number of fused-ring (bicyclic) bond motifs is 3. The summed E-state index contributed by atoms with van der Waals surface area (Å²) in [4.78, 5) is 44.0. The minimum absolute atomic E-state index is 0.165. The molecule has 1 amide bonds. The topological polar surface area (TPSA) is 163 Å². The average Bonchev–Trinajstić information content (AvgIpc) is 3.79. The SMILES string of the molecule is C=C(NCc1ccc2oc(=O)n(C)c2c1)C1=NC2=CN=IN2C(C(=O)N[C@H]2CCc3cc(-c4noc(=O)[nH]4)ccc32)=C1. The van der Waals surface area contributed by atoms with Crippen molar-refractivity contribution in [2.45, 2.75) is 25.4 Å². The van der Waals surface area contributed by atoms with Gasteiger partial charge in [0.05, 0.1) is 29.2 Å². The van der Waals surface area contributed by atoms with E-state index in [9.17, 15) is 14.4 Å². The van der Waals surface area contributed by atoms with Gasteiger partial charge in [0.2, 0.25) is 0 Å². The monoisotopic (exact) mass is 678 g/mol. The van der Waals surface area contributed by atoms with Crippen molar-refractivity contribution in [3.63, 3.8) is 0 Å². The number of aliphatic imine (C=N–C) groups is 1. The molecule has 0 saturated heterocycles. The maximum atomic E-state index is 13.6. The number of nitrogens with one attached hydrogen (secondary N) is 3. The van der Waals surface area contributed by atoms with Gasteiger partial charge in [-0.15, -0.1) is 0 Å². The first-order chi connectivity index (χ1) is 20.3. The first kappa shape index (κ1) is 26.1. The minimum Gasteiger partial charge on any atom is -0.408 e. The van der Waals surface area contributed by atoms with Crippen molar-refractivity contribution in [2.24, 2.45) is 15.2 Å². The zero-order chi connectivity index (χ0) is 29.0. The van der Waals surface area contributed by atoms with Crippen LogP contribution in [-0.4, -0.2) is 29.4 Å². The Kier molecular flexibility index (Phi) is 6.33. The van der Waals surface area contributed by atoms with Crippen molar-refractivity contribution in [3.8, 4) is 11.4 Å². The maximum absolute atomic E-state index is 13.6. The van der Waals surface area contributed by atoms with Gasteiger partial charge in [-0.2, -0.15) is 0 Å². The largest absolute Gasteiger partial charge is 0.439 e. The van der Waals surface area contributed by atoms with Crippen molar-refractivity contribution >= 4 is 44.0 Å². The van der Waals surface area contributed by atoms with Crippen molar-refractivity contribution in [1.82, 2.24) is 28.5 Å². The van der Waals surface area contributed by atoms with Gasteiger partial charge in [0.15, 0.2) is 17.2 Å². The standard InChI is InChI=1S/C28H23IN8O5/c1-14(30-12-15-3-8-23-21(9-15)36(2)28(40)41-23)20-11-22(37-24(32-20)13-31-29-37)26(38)33-19-7-5-16-10-17(4-6-18(16)19)25-34-27(39)42-35-25/h3-4,6,8-11,13,19,30H,1,5,7,12H2,2H3,(H,33,38)(H,34,35,39)/t19-/m0/s1. The fraction of sp³-hybridized carbons (Fsp3) is 0.179. The predicted molar refractivity (Wildman–Crippen MR) is 161 cm³/mol. The number of aromatic nitrogens is 3. The molecule has 0 unspecified atom stereocenters. The van der Waals surface area contributed by atoms with Gasteiger partial charge in [-0.1, -0.05) is 29.9 Å². The molecule has 42 heavy (non-hydrogen) atoms. The fourth-order valence-corrected chi connectivity index (χ4v) is 6.84. The molecule has 0 bridgehead atoms. The second kappa shape index (κ2) is 10.2. The number of hydrogen-bond acceptors (Lipinski definition) is 10. The molecule has 13 nitrogen and oxygen atoms in total. The first-order valence-corrected chi connectivity index (χ1v) is 14.9. The molecular weight excluding hydrogens is 655 g/mol. The Labute approximate surface area is 247 Å². The number of carbonyl (C=O) groups excluding carboxylic acids is 1. The minimum atomic E-state index is -0.799. The number of rotatable bonds is 7. The molecule has 0 saturated carbocycles. The summed E-state index contributed by atoms with van der Waals surface area (Å²) in [6.45, 7) is 4.60. The van der Waals surface area contributed by atoms with Crippen LogP contribution in [0.15, 0.2) is 99.1 Å². The van der Waals surface area contributed by atoms with Crippen LogP contribution in [0, 0.1) is 0 Å². The highest BCUT2D eigenvalue weighted by Crippen LogP contribution is 2.37. The van der Waals surface area contributed by atoms with Gasteiger partial charge < -0.3 is 15.1 Å². The highest BCUT2D eigenvalue weighted by atomic mass is 127. The first-order valence-electron chi connectivity index (χ1n) is 13.0. The van der Waals surface area contributed by atoms with E-state index in [1.54, 1.807) is 25.4 Å². The lowest BCUT2D eigenvalue weighted by Gasteiger charge is -2.25. The third-order valence-corrected chi connectivity index (χ3v) is 9.32. The highest BCUT2D eigenvalue weighted by Gasteiger charge is 2.31. The number of halogens is 1. The second-order valence-electron chi connectivity index (χ2n) is 9.95. The Bertz CT molecular complexity index is 2040. The van der Waals surface area contributed by atoms with Gasteiger partial charge in [-0.05, 0) is 53.8 Å². The van der Waals surface area contributed by atoms with Crippen LogP contribution in [0.1, 0.15) is 29.2 Å². The lowest BCUT2D eigenvalue weighted by molar-refractivity contribution is -0.119. The molecule has 2 aliphatic heterocycles. The lowest BCUT2D eigenvalue weighted by atomic mass is 10.0. The molecule has 0 fully saturated rings. The van der Waals surface area contributed by atoms with Gasteiger partial charge in [0.1, 0.15) is 27.0 Å². The fourth-order valence-electron chi connectivity index (χ4n) is 5.17. The Morgan fingerprint density at radius 1 is 1.24 bits per heavy atom. The lowest BCUT2D eigenvalue weighted by Crippen LogP contribution is -2.35. The van der Waals surface area contributed by atoms with Gasteiger partial charge in [0.25, 0.3) is 5.91 Å². The van der Waals surface area contributed by atoms with E-state index in [1.807, 2.05) is 33.4 Å². The molecular formula is C28H23IN8O5. The molecule has 4 heterocycles. The number of oxazole rings is 1. The van der Waals surface area contributed by atoms with Crippen LogP contribution in [0.2, 0.25) is 0 Å². The van der Waals surface area contributed by atoms with Crippen molar-refractivity contribution in [2.75, 3.05) is 0 Å². The van der Waals surface area contributed by atoms with Crippen LogP contribution in [0.5, 0.6) is 0 Å². The number of amides is 1. The van der Waals surface area contributed by atoms with Gasteiger partial charge in [-0.25, -0.2) is 17.7 Å². The summed E-state index contributed by atoms with van der Waals surface area (Å²) < 4.78 is 17.6. The van der Waals surface area contributed by atoms with E-state index in [1.165, 1.54) is 4.57 Å². The van der Waals surface area contributed by atoms with Crippen LogP contribution in [0.4, 0.5) is 0 Å². The molecule has 0 radical (unpaired) electrons. The maximum Gasteiger partial charge on any atom is 0.439 e. The van der Waals surface area contributed by atoms with Crippen LogP contribution >= 0.6 is 21.3 Å². The number of nitrogens with zero attached hydrogens (tertiary/aromatic N) is 5. The zero-order valence-corrected chi connectivity index (χ0v) is 24.3.